The van der Waals surface area contributed by atoms with Gasteiger partial charge in [-0.05, 0) is 43.4 Å². The second-order valence-electron chi connectivity index (χ2n) is 4.93. The molecule has 2 rings (SSSR count). The van der Waals surface area contributed by atoms with E-state index >= 15 is 0 Å². The monoisotopic (exact) mass is 311 g/mol. The highest BCUT2D eigenvalue weighted by atomic mass is 79.9. The molecule has 4 heteroatoms. The first-order valence-electron chi connectivity index (χ1n) is 6.26. The van der Waals surface area contributed by atoms with Gasteiger partial charge < -0.3 is 10.0 Å². The molecule has 1 unspecified atom stereocenters. The molecule has 18 heavy (non-hydrogen) atoms. The Morgan fingerprint density at radius 1 is 1.56 bits per heavy atom. The second kappa shape index (κ2) is 5.74. The Hall–Kier alpha value is -1.03. The number of rotatable bonds is 2. The third-order valence-electron chi connectivity index (χ3n) is 3.41. The average molecular weight is 312 g/mol. The number of hydrogen-bond acceptors (Lipinski definition) is 2. The zero-order valence-electron chi connectivity index (χ0n) is 10.5. The van der Waals surface area contributed by atoms with Crippen molar-refractivity contribution in [2.24, 2.45) is 5.92 Å². The molecule has 1 amide bonds. The Balaban J connectivity index is 2.15. The lowest BCUT2D eigenvalue weighted by molar-refractivity contribution is 0.0683. The molecule has 1 aliphatic rings. The molecule has 1 fully saturated rings. The van der Waals surface area contributed by atoms with E-state index in [1.54, 1.807) is 12.1 Å². The van der Waals surface area contributed by atoms with Gasteiger partial charge in [0.25, 0.3) is 5.91 Å². The number of carbonyl (C=O) groups is 1. The van der Waals surface area contributed by atoms with Gasteiger partial charge in [0.2, 0.25) is 0 Å². The van der Waals surface area contributed by atoms with E-state index in [4.69, 9.17) is 0 Å². The number of piperidine rings is 1. The van der Waals surface area contributed by atoms with Crippen LogP contribution in [0.1, 0.15) is 28.8 Å². The van der Waals surface area contributed by atoms with Crippen LogP contribution >= 0.6 is 15.9 Å². The minimum Gasteiger partial charge on any atom is -0.507 e. The van der Waals surface area contributed by atoms with E-state index < -0.39 is 0 Å². The lowest BCUT2D eigenvalue weighted by atomic mass is 9.99. The van der Waals surface area contributed by atoms with Crippen molar-refractivity contribution in [1.29, 1.82) is 0 Å². The van der Waals surface area contributed by atoms with Crippen LogP contribution in [0.5, 0.6) is 5.75 Å². The summed E-state index contributed by atoms with van der Waals surface area (Å²) in [7, 11) is 0. The van der Waals surface area contributed by atoms with Crippen molar-refractivity contribution in [2.75, 3.05) is 18.4 Å². The number of amides is 1. The maximum atomic E-state index is 12.3. The topological polar surface area (TPSA) is 40.5 Å². The number of benzene rings is 1. The molecule has 3 nitrogen and oxygen atoms in total. The zero-order chi connectivity index (χ0) is 13.1. The molecule has 0 radical (unpaired) electrons. The molecule has 1 heterocycles. The first kappa shape index (κ1) is 13.4. The quantitative estimate of drug-likeness (QED) is 0.853. The van der Waals surface area contributed by atoms with Gasteiger partial charge in [-0.15, -0.1) is 0 Å². The summed E-state index contributed by atoms with van der Waals surface area (Å²) in [4.78, 5) is 14.2. The number of nitrogens with zero attached hydrogens (tertiary/aromatic N) is 1. The minimum absolute atomic E-state index is 0.0573. The van der Waals surface area contributed by atoms with Crippen LogP contribution in [0.4, 0.5) is 0 Å². The number of likely N-dealkylation sites (tertiary alicyclic amines) is 1. The summed E-state index contributed by atoms with van der Waals surface area (Å²) < 4.78 is 0. The van der Waals surface area contributed by atoms with Crippen molar-refractivity contribution in [2.45, 2.75) is 19.8 Å². The molecule has 1 saturated heterocycles. The first-order chi connectivity index (χ1) is 8.61. The fourth-order valence-electron chi connectivity index (χ4n) is 2.37. The van der Waals surface area contributed by atoms with Gasteiger partial charge in [-0.1, -0.05) is 22.0 Å². The standard InChI is InChI=1S/C14H18BrNO2/c1-10-4-5-12(13(17)7-10)14(18)16-6-2-3-11(8-15)9-16/h4-5,7,11,17H,2-3,6,8-9H2,1H3. The number of alkyl halides is 1. The summed E-state index contributed by atoms with van der Waals surface area (Å²) in [6.45, 7) is 3.46. The number of phenols is 1. The highest BCUT2D eigenvalue weighted by molar-refractivity contribution is 9.09. The summed E-state index contributed by atoms with van der Waals surface area (Å²) >= 11 is 3.48. The number of carbonyl (C=O) groups excluding carboxylic acids is 1. The third kappa shape index (κ3) is 2.86. The van der Waals surface area contributed by atoms with Crippen LogP contribution in [0.25, 0.3) is 0 Å². The highest BCUT2D eigenvalue weighted by Gasteiger charge is 2.25. The van der Waals surface area contributed by atoms with Crippen LogP contribution in [0.15, 0.2) is 18.2 Å². The maximum Gasteiger partial charge on any atom is 0.257 e. The minimum atomic E-state index is -0.0573. The van der Waals surface area contributed by atoms with Crippen LogP contribution in [-0.2, 0) is 0 Å². The van der Waals surface area contributed by atoms with E-state index in [1.807, 2.05) is 17.9 Å². The summed E-state index contributed by atoms with van der Waals surface area (Å²) in [5.74, 6) is 0.550. The van der Waals surface area contributed by atoms with Crippen LogP contribution in [-0.4, -0.2) is 34.3 Å². The Morgan fingerprint density at radius 2 is 2.33 bits per heavy atom. The first-order valence-corrected chi connectivity index (χ1v) is 7.39. The van der Waals surface area contributed by atoms with Crippen molar-refractivity contribution < 1.29 is 9.90 Å². The molecule has 1 N–H and O–H groups in total. The largest absolute Gasteiger partial charge is 0.507 e. The molecule has 1 aromatic rings. The van der Waals surface area contributed by atoms with Gasteiger partial charge in [0.15, 0.2) is 0 Å². The molecular formula is C14H18BrNO2. The van der Waals surface area contributed by atoms with E-state index in [0.717, 1.165) is 36.8 Å². The molecule has 0 aromatic heterocycles. The van der Waals surface area contributed by atoms with E-state index in [1.165, 1.54) is 0 Å². The van der Waals surface area contributed by atoms with Crippen molar-refractivity contribution in [1.82, 2.24) is 4.90 Å². The van der Waals surface area contributed by atoms with E-state index in [9.17, 15) is 9.90 Å². The van der Waals surface area contributed by atoms with Crippen LogP contribution < -0.4 is 0 Å². The molecule has 1 atom stereocenters. The fourth-order valence-corrected chi connectivity index (χ4v) is 2.90. The van der Waals surface area contributed by atoms with E-state index in [2.05, 4.69) is 15.9 Å². The van der Waals surface area contributed by atoms with Gasteiger partial charge in [0.05, 0.1) is 5.56 Å². The van der Waals surface area contributed by atoms with Crippen LogP contribution in [0.2, 0.25) is 0 Å². The highest BCUT2D eigenvalue weighted by Crippen LogP contribution is 2.24. The fraction of sp³-hybridized carbons (Fsp3) is 0.500. The van der Waals surface area contributed by atoms with E-state index in [0.29, 0.717) is 11.5 Å². The Labute approximate surface area is 116 Å². The molecular weight excluding hydrogens is 294 g/mol. The molecule has 98 valence electrons. The average Bonchev–Trinajstić information content (AvgIpc) is 2.38. The van der Waals surface area contributed by atoms with Gasteiger partial charge >= 0.3 is 0 Å². The van der Waals surface area contributed by atoms with Crippen LogP contribution in [0.3, 0.4) is 0 Å². The lowest BCUT2D eigenvalue weighted by Gasteiger charge is -2.32. The predicted molar refractivity (Wildman–Crippen MR) is 75.3 cm³/mol. The molecule has 0 saturated carbocycles. The van der Waals surface area contributed by atoms with Gasteiger partial charge in [0.1, 0.15) is 5.75 Å². The summed E-state index contributed by atoms with van der Waals surface area (Å²) in [6.07, 6.45) is 2.20. The van der Waals surface area contributed by atoms with Gasteiger partial charge in [-0.2, -0.15) is 0 Å². The number of aryl methyl sites for hydroxylation is 1. The SMILES string of the molecule is Cc1ccc(C(=O)N2CCCC(CBr)C2)c(O)c1. The number of phenolic OH excluding ortho intramolecular Hbond substituents is 1. The summed E-state index contributed by atoms with van der Waals surface area (Å²) in [5.41, 5.74) is 1.37. The summed E-state index contributed by atoms with van der Waals surface area (Å²) in [6, 6.07) is 5.21. The van der Waals surface area contributed by atoms with Crippen LogP contribution in [0, 0.1) is 12.8 Å². The molecule has 1 aliphatic heterocycles. The third-order valence-corrected chi connectivity index (χ3v) is 4.32. The molecule has 0 spiro atoms. The molecule has 0 aliphatic carbocycles. The van der Waals surface area contributed by atoms with E-state index in [-0.39, 0.29) is 11.7 Å². The molecule has 0 bridgehead atoms. The second-order valence-corrected chi connectivity index (χ2v) is 5.58. The Morgan fingerprint density at radius 3 is 3.00 bits per heavy atom. The number of hydrogen-bond donors (Lipinski definition) is 1. The van der Waals surface area contributed by atoms with Gasteiger partial charge in [-0.25, -0.2) is 0 Å². The van der Waals surface area contributed by atoms with Crippen molar-refractivity contribution in [3.05, 3.63) is 29.3 Å². The molecule has 1 aromatic carbocycles. The number of halogens is 1. The van der Waals surface area contributed by atoms with Gasteiger partial charge in [0, 0.05) is 18.4 Å². The number of aromatic hydroxyl groups is 1. The van der Waals surface area contributed by atoms with Crippen molar-refractivity contribution >= 4 is 21.8 Å². The predicted octanol–water partition coefficient (Wildman–Crippen LogP) is 2.95. The van der Waals surface area contributed by atoms with Crippen molar-refractivity contribution in [3.63, 3.8) is 0 Å². The van der Waals surface area contributed by atoms with Gasteiger partial charge in [-0.3, -0.25) is 4.79 Å². The lowest BCUT2D eigenvalue weighted by Crippen LogP contribution is -2.40. The smallest absolute Gasteiger partial charge is 0.257 e. The van der Waals surface area contributed by atoms with Crippen molar-refractivity contribution in [3.8, 4) is 5.75 Å². The normalized spacial score (nSPS) is 19.9. The zero-order valence-corrected chi connectivity index (χ0v) is 12.1. The maximum absolute atomic E-state index is 12.3. The Kier molecular flexibility index (Phi) is 4.27. The Bertz CT molecular complexity index is 447. The summed E-state index contributed by atoms with van der Waals surface area (Å²) in [5, 5.41) is 10.8.